The number of hydrogen-bond acceptors (Lipinski definition) is 4. The second-order valence-corrected chi connectivity index (χ2v) is 6.09. The lowest BCUT2D eigenvalue weighted by atomic mass is 10.1. The molecule has 0 saturated carbocycles. The molecule has 0 bridgehead atoms. The fourth-order valence-corrected chi connectivity index (χ4v) is 2.93. The Kier molecular flexibility index (Phi) is 4.24. The Morgan fingerprint density at radius 1 is 1.00 bits per heavy atom. The zero-order valence-electron chi connectivity index (χ0n) is 12.3. The molecular formula is C17H15FN2OS. The zero-order chi connectivity index (χ0) is 15.5. The van der Waals surface area contributed by atoms with Gasteiger partial charge in [0.05, 0.1) is 0 Å². The Morgan fingerprint density at radius 3 is 2.36 bits per heavy atom. The van der Waals surface area contributed by atoms with Gasteiger partial charge in [-0.2, -0.15) is 0 Å². The molecule has 0 spiro atoms. The minimum atomic E-state index is -0.233. The Balaban J connectivity index is 1.72. The maximum atomic E-state index is 12.9. The summed E-state index contributed by atoms with van der Waals surface area (Å²) in [5.41, 5.74) is 4.26. The normalized spacial score (nSPS) is 10.9. The van der Waals surface area contributed by atoms with Crippen molar-refractivity contribution in [1.29, 1.82) is 0 Å². The van der Waals surface area contributed by atoms with Crippen molar-refractivity contribution in [2.75, 3.05) is 0 Å². The molecule has 1 aromatic heterocycles. The Bertz CT molecular complexity index is 763. The van der Waals surface area contributed by atoms with E-state index in [-0.39, 0.29) is 5.82 Å². The molecule has 5 heteroatoms. The van der Waals surface area contributed by atoms with Gasteiger partial charge in [0.15, 0.2) is 0 Å². The summed E-state index contributed by atoms with van der Waals surface area (Å²) in [4.78, 5) is 0. The van der Waals surface area contributed by atoms with Crippen LogP contribution in [0.1, 0.15) is 16.7 Å². The second-order valence-electron chi connectivity index (χ2n) is 5.16. The molecule has 0 aliphatic heterocycles. The summed E-state index contributed by atoms with van der Waals surface area (Å²) >= 11 is 1.44. The van der Waals surface area contributed by atoms with Crippen LogP contribution in [0.4, 0.5) is 4.39 Å². The maximum absolute atomic E-state index is 12.9. The first-order valence-corrected chi connectivity index (χ1v) is 7.88. The molecular weight excluding hydrogens is 299 g/mol. The first-order chi connectivity index (χ1) is 10.6. The quantitative estimate of drug-likeness (QED) is 0.649. The summed E-state index contributed by atoms with van der Waals surface area (Å²) in [6.45, 7) is 4.08. The standard InChI is InChI=1S/C17H15FN2OS/c1-11-7-12(2)9-14(8-11)16-19-20-17(21-16)22-10-13-3-5-15(18)6-4-13/h3-9H,10H2,1-2H3. The lowest BCUT2D eigenvalue weighted by molar-refractivity contribution is 0.466. The Hall–Kier alpha value is -2.14. The van der Waals surface area contributed by atoms with Crippen LogP contribution in [-0.4, -0.2) is 10.2 Å². The lowest BCUT2D eigenvalue weighted by Crippen LogP contribution is -1.82. The molecule has 3 rings (SSSR count). The van der Waals surface area contributed by atoms with E-state index in [1.165, 1.54) is 23.9 Å². The number of halogens is 1. The van der Waals surface area contributed by atoms with Crippen molar-refractivity contribution >= 4 is 11.8 Å². The molecule has 0 fully saturated rings. The molecule has 0 saturated heterocycles. The lowest BCUT2D eigenvalue weighted by Gasteiger charge is -2.00. The molecule has 3 aromatic rings. The number of aromatic nitrogens is 2. The summed E-state index contributed by atoms with van der Waals surface area (Å²) in [6.07, 6.45) is 0. The van der Waals surface area contributed by atoms with E-state index in [0.717, 1.165) is 22.3 Å². The second kappa shape index (κ2) is 6.32. The van der Waals surface area contributed by atoms with Gasteiger partial charge in [0.1, 0.15) is 5.82 Å². The van der Waals surface area contributed by atoms with Crippen LogP contribution in [0.2, 0.25) is 0 Å². The number of hydrogen-bond donors (Lipinski definition) is 0. The fourth-order valence-electron chi connectivity index (χ4n) is 2.21. The van der Waals surface area contributed by atoms with Gasteiger partial charge in [0.25, 0.3) is 5.22 Å². The molecule has 0 atom stereocenters. The van der Waals surface area contributed by atoms with Crippen molar-refractivity contribution in [1.82, 2.24) is 10.2 Å². The van der Waals surface area contributed by atoms with Gasteiger partial charge < -0.3 is 4.42 Å². The highest BCUT2D eigenvalue weighted by Gasteiger charge is 2.10. The molecule has 112 valence electrons. The third-order valence-electron chi connectivity index (χ3n) is 3.15. The monoisotopic (exact) mass is 314 g/mol. The van der Waals surface area contributed by atoms with Crippen molar-refractivity contribution in [2.45, 2.75) is 24.8 Å². The van der Waals surface area contributed by atoms with E-state index < -0.39 is 0 Å². The van der Waals surface area contributed by atoms with E-state index in [0.29, 0.717) is 16.9 Å². The van der Waals surface area contributed by atoms with Gasteiger partial charge in [0, 0.05) is 11.3 Å². The van der Waals surface area contributed by atoms with Gasteiger partial charge in [-0.15, -0.1) is 10.2 Å². The summed E-state index contributed by atoms with van der Waals surface area (Å²) < 4.78 is 18.6. The van der Waals surface area contributed by atoms with Crippen molar-refractivity contribution < 1.29 is 8.81 Å². The van der Waals surface area contributed by atoms with E-state index in [2.05, 4.69) is 16.3 Å². The number of benzene rings is 2. The molecule has 3 nitrogen and oxygen atoms in total. The molecule has 0 unspecified atom stereocenters. The molecule has 0 aliphatic carbocycles. The van der Waals surface area contributed by atoms with Crippen LogP contribution in [0.25, 0.3) is 11.5 Å². The first kappa shape index (κ1) is 14.8. The average molecular weight is 314 g/mol. The van der Waals surface area contributed by atoms with Gasteiger partial charge in [-0.3, -0.25) is 0 Å². The summed E-state index contributed by atoms with van der Waals surface area (Å²) in [5.74, 6) is 0.950. The Morgan fingerprint density at radius 2 is 1.68 bits per heavy atom. The van der Waals surface area contributed by atoms with Gasteiger partial charge in [0.2, 0.25) is 5.89 Å². The number of rotatable bonds is 4. The van der Waals surface area contributed by atoms with Gasteiger partial charge in [-0.25, -0.2) is 4.39 Å². The average Bonchev–Trinajstić information content (AvgIpc) is 2.95. The molecule has 0 amide bonds. The zero-order valence-corrected chi connectivity index (χ0v) is 13.2. The van der Waals surface area contributed by atoms with E-state index in [4.69, 9.17) is 4.42 Å². The SMILES string of the molecule is Cc1cc(C)cc(-c2nnc(SCc3ccc(F)cc3)o2)c1. The molecule has 0 N–H and O–H groups in total. The highest BCUT2D eigenvalue weighted by molar-refractivity contribution is 7.98. The van der Waals surface area contributed by atoms with Crippen LogP contribution in [0, 0.1) is 19.7 Å². The smallest absolute Gasteiger partial charge is 0.277 e. The van der Waals surface area contributed by atoms with Crippen LogP contribution < -0.4 is 0 Å². The molecule has 2 aromatic carbocycles. The third-order valence-corrected chi connectivity index (χ3v) is 4.04. The molecule has 22 heavy (non-hydrogen) atoms. The number of thioether (sulfide) groups is 1. The van der Waals surface area contributed by atoms with E-state index in [9.17, 15) is 4.39 Å². The summed E-state index contributed by atoms with van der Waals surface area (Å²) in [5, 5.41) is 8.67. The molecule has 0 aliphatic rings. The topological polar surface area (TPSA) is 38.9 Å². The van der Waals surface area contributed by atoms with Crippen molar-refractivity contribution in [2.24, 2.45) is 0 Å². The van der Waals surface area contributed by atoms with Crippen molar-refractivity contribution in [3.05, 3.63) is 65.0 Å². The van der Waals surface area contributed by atoms with E-state index in [1.54, 1.807) is 12.1 Å². The fraction of sp³-hybridized carbons (Fsp3) is 0.176. The number of aryl methyl sites for hydroxylation is 2. The van der Waals surface area contributed by atoms with Crippen LogP contribution in [0.5, 0.6) is 0 Å². The van der Waals surface area contributed by atoms with Crippen LogP contribution >= 0.6 is 11.8 Å². The van der Waals surface area contributed by atoms with Gasteiger partial charge in [-0.05, 0) is 43.7 Å². The third kappa shape index (κ3) is 3.54. The summed E-state index contributed by atoms with van der Waals surface area (Å²) in [7, 11) is 0. The highest BCUT2D eigenvalue weighted by Crippen LogP contribution is 2.26. The Labute approximate surface area is 132 Å². The van der Waals surface area contributed by atoms with Crippen molar-refractivity contribution in [3.8, 4) is 11.5 Å². The van der Waals surface area contributed by atoms with Gasteiger partial charge >= 0.3 is 0 Å². The van der Waals surface area contributed by atoms with E-state index >= 15 is 0 Å². The predicted octanol–water partition coefficient (Wildman–Crippen LogP) is 4.78. The number of nitrogens with zero attached hydrogens (tertiary/aromatic N) is 2. The predicted molar refractivity (Wildman–Crippen MR) is 85.2 cm³/mol. The van der Waals surface area contributed by atoms with Crippen LogP contribution in [0.15, 0.2) is 52.1 Å². The van der Waals surface area contributed by atoms with E-state index in [1.807, 2.05) is 26.0 Å². The summed E-state index contributed by atoms with van der Waals surface area (Å²) in [6, 6.07) is 12.6. The largest absolute Gasteiger partial charge is 0.411 e. The minimum absolute atomic E-state index is 0.233. The maximum Gasteiger partial charge on any atom is 0.277 e. The van der Waals surface area contributed by atoms with Crippen LogP contribution in [0.3, 0.4) is 0 Å². The first-order valence-electron chi connectivity index (χ1n) is 6.89. The van der Waals surface area contributed by atoms with Crippen LogP contribution in [-0.2, 0) is 5.75 Å². The minimum Gasteiger partial charge on any atom is -0.411 e. The molecule has 0 radical (unpaired) electrons. The highest BCUT2D eigenvalue weighted by atomic mass is 32.2. The molecule has 1 heterocycles. The van der Waals surface area contributed by atoms with Gasteiger partial charge in [-0.1, -0.05) is 41.1 Å². The van der Waals surface area contributed by atoms with Crippen molar-refractivity contribution in [3.63, 3.8) is 0 Å².